The number of hydrogen-bond acceptors (Lipinski definition) is 3. The van der Waals surface area contributed by atoms with E-state index in [0.29, 0.717) is 13.2 Å². The summed E-state index contributed by atoms with van der Waals surface area (Å²) in [5, 5.41) is 6.56. The van der Waals surface area contributed by atoms with Crippen LogP contribution in [0.25, 0.3) is 6.08 Å². The average molecular weight is 489 g/mol. The highest BCUT2D eigenvalue weighted by atomic mass is 127. The minimum absolute atomic E-state index is 0.0385. The van der Waals surface area contributed by atoms with E-state index >= 15 is 0 Å². The van der Waals surface area contributed by atoms with Crippen molar-refractivity contribution in [2.45, 2.75) is 31.8 Å². The Morgan fingerprint density at radius 2 is 2.29 bits per heavy atom. The van der Waals surface area contributed by atoms with Crippen molar-refractivity contribution >= 4 is 36.7 Å². The van der Waals surface area contributed by atoms with Gasteiger partial charge in [0.25, 0.3) is 5.91 Å². The minimum Gasteiger partial charge on any atom is -0.492 e. The second-order valence-electron chi connectivity index (χ2n) is 7.49. The Hall–Kier alpha value is -1.93. The number of aromatic amines is 1. The molecule has 0 radical (unpaired) electrons. The van der Waals surface area contributed by atoms with Crippen molar-refractivity contribution in [1.82, 2.24) is 15.6 Å². The molecule has 5 rings (SSSR count). The van der Waals surface area contributed by atoms with Crippen molar-refractivity contribution in [3.8, 4) is 5.75 Å². The molecule has 4 heterocycles. The molecule has 1 aromatic carbocycles. The molecular formula is C22H24IN3O2. The highest BCUT2D eigenvalue weighted by molar-refractivity contribution is 14.2. The zero-order valence-electron chi connectivity index (χ0n) is 15.7. The maximum atomic E-state index is 12.2. The third-order valence-electron chi connectivity index (χ3n) is 5.66. The Bertz CT molecular complexity index is 976. The van der Waals surface area contributed by atoms with E-state index in [4.69, 9.17) is 4.74 Å². The average Bonchev–Trinajstić information content (AvgIpc) is 3.20. The van der Waals surface area contributed by atoms with Gasteiger partial charge in [-0.3, -0.25) is 4.79 Å². The first-order valence-corrected chi connectivity index (χ1v) is 12.6. The summed E-state index contributed by atoms with van der Waals surface area (Å²) in [4.78, 5) is 15.6. The summed E-state index contributed by atoms with van der Waals surface area (Å²) in [5.74, 6) is 0.909. The number of rotatable bonds is 5. The van der Waals surface area contributed by atoms with Crippen LogP contribution in [0.5, 0.6) is 5.75 Å². The number of H-pyrrole nitrogens is 1. The molecule has 6 heteroatoms. The number of nitrogens with one attached hydrogen (secondary N) is 3. The summed E-state index contributed by atoms with van der Waals surface area (Å²) in [6.07, 6.45) is 9.78. The predicted octanol–water partition coefficient (Wildman–Crippen LogP) is 2.93. The van der Waals surface area contributed by atoms with E-state index in [1.54, 1.807) is 0 Å². The summed E-state index contributed by atoms with van der Waals surface area (Å²) in [5.41, 5.74) is 7.10. The van der Waals surface area contributed by atoms with E-state index in [9.17, 15) is 4.79 Å². The third kappa shape index (κ3) is 3.43. The number of allylic oxidation sites excluding steroid dienone is 1. The number of alkyl halides is 1. The van der Waals surface area contributed by atoms with Crippen molar-refractivity contribution < 1.29 is 9.53 Å². The van der Waals surface area contributed by atoms with Gasteiger partial charge >= 0.3 is 0 Å². The molecule has 1 unspecified atom stereocenters. The largest absolute Gasteiger partial charge is 0.492 e. The molecule has 2 aromatic rings. The van der Waals surface area contributed by atoms with Gasteiger partial charge in [0.15, 0.2) is 0 Å². The predicted molar refractivity (Wildman–Crippen MR) is 121 cm³/mol. The molecule has 3 aliphatic heterocycles. The first-order valence-electron chi connectivity index (χ1n) is 9.86. The Balaban J connectivity index is 1.18. The Labute approximate surface area is 174 Å². The van der Waals surface area contributed by atoms with Gasteiger partial charge in [0.05, 0.1) is 11.3 Å². The number of hydrogen-bond donors (Lipinski definition) is 3. The van der Waals surface area contributed by atoms with Crippen LogP contribution in [-0.4, -0.2) is 38.5 Å². The van der Waals surface area contributed by atoms with E-state index in [1.165, 1.54) is 21.2 Å². The number of amides is 1. The zero-order chi connectivity index (χ0) is 18.9. The van der Waals surface area contributed by atoms with Crippen LogP contribution in [0.2, 0.25) is 0 Å². The summed E-state index contributed by atoms with van der Waals surface area (Å²) in [6.45, 7) is 2.24. The van der Waals surface area contributed by atoms with Crippen LogP contribution in [0.15, 0.2) is 24.4 Å². The highest BCUT2D eigenvalue weighted by Gasteiger charge is 2.29. The zero-order valence-corrected chi connectivity index (χ0v) is 17.8. The fourth-order valence-corrected chi connectivity index (χ4v) is 6.00. The van der Waals surface area contributed by atoms with E-state index in [0.717, 1.165) is 48.2 Å². The van der Waals surface area contributed by atoms with Gasteiger partial charge in [0.2, 0.25) is 0 Å². The SMILES string of the molecule is O=C1NCc2ccc3c(c21)CC(NCCCc1c[nH]c2c1C=CCI=C2)CO3. The first kappa shape index (κ1) is 18.1. The maximum Gasteiger partial charge on any atom is 0.252 e. The summed E-state index contributed by atoms with van der Waals surface area (Å²) in [7, 11) is 0. The van der Waals surface area contributed by atoms with Crippen LogP contribution in [0, 0.1) is 0 Å². The number of aryl methyl sites for hydroxylation is 1. The van der Waals surface area contributed by atoms with E-state index in [2.05, 4.69) is 38.0 Å². The van der Waals surface area contributed by atoms with Crippen molar-refractivity contribution in [1.29, 1.82) is 0 Å². The minimum atomic E-state index is 0.0385. The normalized spacial score (nSPS) is 19.7. The number of benzene rings is 1. The fraction of sp³-hybridized carbons (Fsp3) is 0.364. The van der Waals surface area contributed by atoms with Gasteiger partial charge in [0, 0.05) is 34.3 Å². The molecule has 0 saturated heterocycles. The third-order valence-corrected chi connectivity index (χ3v) is 7.74. The van der Waals surface area contributed by atoms with Crippen LogP contribution in [-0.2, 0) is 19.4 Å². The van der Waals surface area contributed by atoms with Gasteiger partial charge in [-0.15, -0.1) is 20.7 Å². The molecule has 5 nitrogen and oxygen atoms in total. The number of halogens is 1. The van der Waals surface area contributed by atoms with Gasteiger partial charge in [-0.1, -0.05) is 18.2 Å². The first-order chi connectivity index (χ1) is 13.8. The topological polar surface area (TPSA) is 66.2 Å². The summed E-state index contributed by atoms with van der Waals surface area (Å²) >= 11 is 0.160. The van der Waals surface area contributed by atoms with Crippen LogP contribution < -0.4 is 15.4 Å². The lowest BCUT2D eigenvalue weighted by Crippen LogP contribution is -2.40. The smallest absolute Gasteiger partial charge is 0.252 e. The summed E-state index contributed by atoms with van der Waals surface area (Å²) in [6, 6.07) is 4.27. The maximum absolute atomic E-state index is 12.2. The number of aromatic nitrogens is 1. The lowest BCUT2D eigenvalue weighted by Gasteiger charge is -2.27. The lowest BCUT2D eigenvalue weighted by molar-refractivity contribution is 0.0963. The molecule has 146 valence electrons. The molecule has 3 aliphatic rings. The lowest BCUT2D eigenvalue weighted by atomic mass is 9.94. The van der Waals surface area contributed by atoms with Crippen LogP contribution in [0.3, 0.4) is 0 Å². The summed E-state index contributed by atoms with van der Waals surface area (Å²) < 4.78 is 9.58. The van der Waals surface area contributed by atoms with Crippen molar-refractivity contribution in [2.75, 3.05) is 17.6 Å². The second kappa shape index (κ2) is 7.83. The van der Waals surface area contributed by atoms with Gasteiger partial charge in [-0.05, 0) is 47.0 Å². The molecule has 28 heavy (non-hydrogen) atoms. The Kier molecular flexibility index (Phi) is 5.07. The Morgan fingerprint density at radius 3 is 3.25 bits per heavy atom. The molecular weight excluding hydrogens is 465 g/mol. The van der Waals surface area contributed by atoms with Crippen molar-refractivity contribution in [3.05, 3.63) is 57.9 Å². The number of ether oxygens (including phenoxy) is 1. The number of carbonyl (C=O) groups excluding carboxylic acids is 1. The van der Waals surface area contributed by atoms with E-state index < -0.39 is 0 Å². The molecule has 0 bridgehead atoms. The number of carbonyl (C=O) groups is 1. The molecule has 0 fully saturated rings. The molecule has 0 spiro atoms. The van der Waals surface area contributed by atoms with Gasteiger partial charge in [-0.2, -0.15) is 0 Å². The fourth-order valence-electron chi connectivity index (χ4n) is 4.24. The van der Waals surface area contributed by atoms with E-state index in [-0.39, 0.29) is 32.7 Å². The van der Waals surface area contributed by atoms with Gasteiger partial charge in [0.1, 0.15) is 12.4 Å². The van der Waals surface area contributed by atoms with Crippen LogP contribution in [0.1, 0.15) is 44.7 Å². The Morgan fingerprint density at radius 1 is 1.32 bits per heavy atom. The second-order valence-corrected chi connectivity index (χ2v) is 9.87. The molecule has 1 aromatic heterocycles. The monoisotopic (exact) mass is 489 g/mol. The molecule has 3 N–H and O–H groups in total. The molecule has 0 aliphatic carbocycles. The quantitative estimate of drug-likeness (QED) is 0.344. The standard InChI is InChI=1S/C22H24IN3O2/c27-22-21-15(12-26-22)5-6-20-18(21)9-16(13-28-20)24-8-2-3-14-11-25-19-10-23-7-1-4-17(14)19/h1,4-6,10-11,16,24-25H,2-3,7-9,12-13H2,(H,26,27). The van der Waals surface area contributed by atoms with Gasteiger partial charge in [-0.25, -0.2) is 0 Å². The van der Waals surface area contributed by atoms with Crippen molar-refractivity contribution in [3.63, 3.8) is 0 Å². The molecule has 1 amide bonds. The highest BCUT2D eigenvalue weighted by Crippen LogP contribution is 2.32. The molecule has 1 atom stereocenters. The van der Waals surface area contributed by atoms with Gasteiger partial charge < -0.3 is 20.4 Å². The van der Waals surface area contributed by atoms with Crippen LogP contribution in [0.4, 0.5) is 0 Å². The van der Waals surface area contributed by atoms with Crippen LogP contribution >= 0.6 is 20.7 Å². The number of fused-ring (bicyclic) bond motifs is 4. The molecule has 0 saturated carbocycles. The van der Waals surface area contributed by atoms with E-state index in [1.807, 2.05) is 12.1 Å². The van der Waals surface area contributed by atoms with Crippen molar-refractivity contribution in [2.24, 2.45) is 0 Å².